The summed E-state index contributed by atoms with van der Waals surface area (Å²) in [5, 5.41) is 4.60. The first-order valence-corrected chi connectivity index (χ1v) is 9.27. The lowest BCUT2D eigenvalue weighted by atomic mass is 10.1. The van der Waals surface area contributed by atoms with E-state index in [0.717, 1.165) is 47.7 Å². The molecule has 0 bridgehead atoms. The average molecular weight is 352 g/mol. The number of aromatic nitrogens is 2. The predicted octanol–water partition coefficient (Wildman–Crippen LogP) is 4.73. The van der Waals surface area contributed by atoms with Gasteiger partial charge in [-0.1, -0.05) is 66.7 Å². The fraction of sp³-hybridized carbons (Fsp3) is 0.130. The van der Waals surface area contributed by atoms with Gasteiger partial charge in [-0.15, -0.1) is 0 Å². The molecular weight excluding hydrogens is 332 g/mol. The van der Waals surface area contributed by atoms with Crippen molar-refractivity contribution in [3.05, 3.63) is 84.4 Å². The Balaban J connectivity index is 1.64. The third-order valence-corrected chi connectivity index (χ3v) is 5.00. The number of nitrogens with zero attached hydrogens (tertiary/aromatic N) is 3. The summed E-state index contributed by atoms with van der Waals surface area (Å²) < 4.78 is 0. The average Bonchev–Trinajstić information content (AvgIpc) is 2.96. The number of hydrogen-bond donors (Lipinski definition) is 1. The largest absolute Gasteiger partial charge is 0.383 e. The van der Waals surface area contributed by atoms with Gasteiger partial charge in [-0.2, -0.15) is 0 Å². The summed E-state index contributed by atoms with van der Waals surface area (Å²) in [4.78, 5) is 12.1. The standard InChI is InChI=1S/C23H20N4/c1-2-8-17(9-3-1)22-19-11-5-7-13-21(19)25-23(26-22)27-15-14-24-20-12-6-4-10-18(20)16-27/h1-13,24H,14-16H2. The van der Waals surface area contributed by atoms with Crippen LogP contribution in [0.2, 0.25) is 0 Å². The molecule has 0 radical (unpaired) electrons. The molecule has 0 atom stereocenters. The van der Waals surface area contributed by atoms with Gasteiger partial charge >= 0.3 is 0 Å². The van der Waals surface area contributed by atoms with E-state index in [-0.39, 0.29) is 0 Å². The van der Waals surface area contributed by atoms with Crippen LogP contribution in [0.15, 0.2) is 78.9 Å². The summed E-state index contributed by atoms with van der Waals surface area (Å²) >= 11 is 0. The number of para-hydroxylation sites is 2. The summed E-state index contributed by atoms with van der Waals surface area (Å²) in [5.74, 6) is 0.783. The first-order valence-electron chi connectivity index (χ1n) is 9.27. The molecule has 5 rings (SSSR count). The quantitative estimate of drug-likeness (QED) is 0.566. The van der Waals surface area contributed by atoms with Crippen molar-refractivity contribution in [1.82, 2.24) is 9.97 Å². The molecule has 4 aromatic rings. The molecule has 132 valence electrons. The number of fused-ring (bicyclic) bond motifs is 2. The molecule has 1 aliphatic rings. The molecule has 0 amide bonds. The van der Waals surface area contributed by atoms with Crippen LogP contribution in [-0.2, 0) is 6.54 Å². The lowest BCUT2D eigenvalue weighted by Gasteiger charge is -2.21. The van der Waals surface area contributed by atoms with Crippen LogP contribution in [0.1, 0.15) is 5.56 Å². The number of rotatable bonds is 2. The molecule has 2 heterocycles. The maximum atomic E-state index is 5.00. The van der Waals surface area contributed by atoms with Gasteiger partial charge in [-0.3, -0.25) is 0 Å². The van der Waals surface area contributed by atoms with E-state index in [4.69, 9.17) is 9.97 Å². The Hall–Kier alpha value is -3.40. The third-order valence-electron chi connectivity index (χ3n) is 5.00. The summed E-state index contributed by atoms with van der Waals surface area (Å²) in [6, 6.07) is 27.1. The van der Waals surface area contributed by atoms with Gasteiger partial charge in [0.2, 0.25) is 5.95 Å². The number of nitrogens with one attached hydrogen (secondary N) is 1. The van der Waals surface area contributed by atoms with E-state index in [1.807, 2.05) is 18.2 Å². The van der Waals surface area contributed by atoms with Crippen molar-refractivity contribution in [2.75, 3.05) is 23.3 Å². The van der Waals surface area contributed by atoms with E-state index in [0.29, 0.717) is 0 Å². The second-order valence-electron chi connectivity index (χ2n) is 6.76. The van der Waals surface area contributed by atoms with E-state index in [9.17, 15) is 0 Å². The lowest BCUT2D eigenvalue weighted by molar-refractivity contribution is 0.794. The normalized spacial score (nSPS) is 13.7. The fourth-order valence-electron chi connectivity index (χ4n) is 3.63. The molecule has 3 aromatic carbocycles. The van der Waals surface area contributed by atoms with Crippen molar-refractivity contribution in [3.63, 3.8) is 0 Å². The maximum Gasteiger partial charge on any atom is 0.226 e. The van der Waals surface area contributed by atoms with E-state index >= 15 is 0 Å². The van der Waals surface area contributed by atoms with Crippen molar-refractivity contribution in [2.24, 2.45) is 0 Å². The Morgan fingerprint density at radius 2 is 1.56 bits per heavy atom. The summed E-state index contributed by atoms with van der Waals surface area (Å²) in [5.41, 5.74) is 5.55. The first-order chi connectivity index (χ1) is 13.4. The Bertz CT molecular complexity index is 1090. The van der Waals surface area contributed by atoms with Gasteiger partial charge in [0, 0.05) is 36.3 Å². The molecule has 0 spiro atoms. The molecule has 0 saturated carbocycles. The lowest BCUT2D eigenvalue weighted by Crippen LogP contribution is -2.27. The van der Waals surface area contributed by atoms with Gasteiger partial charge in [-0.05, 0) is 17.7 Å². The summed E-state index contributed by atoms with van der Waals surface area (Å²) in [6.45, 7) is 2.53. The molecule has 27 heavy (non-hydrogen) atoms. The highest BCUT2D eigenvalue weighted by Gasteiger charge is 2.18. The molecule has 4 nitrogen and oxygen atoms in total. The Labute approximate surface area is 158 Å². The SMILES string of the molecule is c1ccc(-c2nc(N3CCNc4ccccc4C3)nc3ccccc23)cc1. The molecule has 0 saturated heterocycles. The Morgan fingerprint density at radius 1 is 0.778 bits per heavy atom. The first kappa shape index (κ1) is 15.8. The highest BCUT2D eigenvalue weighted by molar-refractivity contribution is 5.93. The zero-order valence-corrected chi connectivity index (χ0v) is 15.0. The smallest absolute Gasteiger partial charge is 0.226 e. The van der Waals surface area contributed by atoms with E-state index < -0.39 is 0 Å². The summed E-state index contributed by atoms with van der Waals surface area (Å²) in [6.07, 6.45) is 0. The van der Waals surface area contributed by atoms with E-state index in [1.54, 1.807) is 0 Å². The van der Waals surface area contributed by atoms with Crippen molar-refractivity contribution in [3.8, 4) is 11.3 Å². The topological polar surface area (TPSA) is 41.1 Å². The van der Waals surface area contributed by atoms with Crippen LogP contribution in [0, 0.1) is 0 Å². The molecular formula is C23H20N4. The van der Waals surface area contributed by atoms with Gasteiger partial charge < -0.3 is 10.2 Å². The van der Waals surface area contributed by atoms with Crippen molar-refractivity contribution in [1.29, 1.82) is 0 Å². The van der Waals surface area contributed by atoms with Gasteiger partial charge in [-0.25, -0.2) is 9.97 Å². The van der Waals surface area contributed by atoms with Crippen LogP contribution in [0.25, 0.3) is 22.2 Å². The summed E-state index contributed by atoms with van der Waals surface area (Å²) in [7, 11) is 0. The molecule has 1 aromatic heterocycles. The van der Waals surface area contributed by atoms with Gasteiger partial charge in [0.25, 0.3) is 0 Å². The van der Waals surface area contributed by atoms with Gasteiger partial charge in [0.05, 0.1) is 11.2 Å². The molecule has 0 fully saturated rings. The van der Waals surface area contributed by atoms with E-state index in [1.165, 1.54) is 11.3 Å². The van der Waals surface area contributed by atoms with Crippen LogP contribution in [0.4, 0.5) is 11.6 Å². The van der Waals surface area contributed by atoms with Crippen molar-refractivity contribution >= 4 is 22.5 Å². The van der Waals surface area contributed by atoms with Crippen LogP contribution < -0.4 is 10.2 Å². The second kappa shape index (κ2) is 6.72. The van der Waals surface area contributed by atoms with Crippen molar-refractivity contribution in [2.45, 2.75) is 6.54 Å². The van der Waals surface area contributed by atoms with Crippen LogP contribution in [0.5, 0.6) is 0 Å². The minimum absolute atomic E-state index is 0.783. The highest BCUT2D eigenvalue weighted by Crippen LogP contribution is 2.29. The molecule has 4 heteroatoms. The van der Waals surface area contributed by atoms with Crippen molar-refractivity contribution < 1.29 is 0 Å². The number of anilines is 2. The number of hydrogen-bond acceptors (Lipinski definition) is 4. The zero-order valence-electron chi connectivity index (χ0n) is 15.0. The molecule has 0 unspecified atom stereocenters. The van der Waals surface area contributed by atoms with Crippen LogP contribution in [-0.4, -0.2) is 23.1 Å². The Kier molecular flexibility index (Phi) is 3.94. The van der Waals surface area contributed by atoms with Gasteiger partial charge in [0.15, 0.2) is 0 Å². The van der Waals surface area contributed by atoms with E-state index in [2.05, 4.69) is 70.9 Å². The minimum Gasteiger partial charge on any atom is -0.383 e. The maximum absolute atomic E-state index is 5.00. The van der Waals surface area contributed by atoms with Gasteiger partial charge in [0.1, 0.15) is 0 Å². The third kappa shape index (κ3) is 2.99. The second-order valence-corrected chi connectivity index (χ2v) is 6.76. The monoisotopic (exact) mass is 352 g/mol. The molecule has 1 N–H and O–H groups in total. The predicted molar refractivity (Wildman–Crippen MR) is 111 cm³/mol. The Morgan fingerprint density at radius 3 is 2.48 bits per heavy atom. The number of benzene rings is 3. The minimum atomic E-state index is 0.783. The highest BCUT2D eigenvalue weighted by atomic mass is 15.3. The molecule has 0 aliphatic carbocycles. The molecule has 1 aliphatic heterocycles. The van der Waals surface area contributed by atoms with Crippen LogP contribution in [0.3, 0.4) is 0 Å². The fourth-order valence-corrected chi connectivity index (χ4v) is 3.63. The zero-order chi connectivity index (χ0) is 18.1. The van der Waals surface area contributed by atoms with Crippen LogP contribution >= 0.6 is 0 Å².